The van der Waals surface area contributed by atoms with E-state index in [1.54, 1.807) is 0 Å². The molecule has 1 amide bonds. The van der Waals surface area contributed by atoms with E-state index in [0.717, 1.165) is 32.5 Å². The number of ether oxygens (including phenoxy) is 1. The van der Waals surface area contributed by atoms with Crippen LogP contribution in [0.1, 0.15) is 47.5 Å². The second-order valence-corrected chi connectivity index (χ2v) is 6.93. The predicted molar refractivity (Wildman–Crippen MR) is 81.9 cm³/mol. The number of rotatable bonds is 5. The fourth-order valence-electron chi connectivity index (χ4n) is 2.23. The van der Waals surface area contributed by atoms with Gasteiger partial charge in [0.05, 0.1) is 0 Å². The molecule has 5 nitrogen and oxygen atoms in total. The van der Waals surface area contributed by atoms with E-state index in [0.29, 0.717) is 12.0 Å². The summed E-state index contributed by atoms with van der Waals surface area (Å²) in [6, 6.07) is 0.651. The van der Waals surface area contributed by atoms with Crippen molar-refractivity contribution >= 4 is 6.09 Å². The molecule has 0 radical (unpaired) electrons. The predicted octanol–water partition coefficient (Wildman–Crippen LogP) is 1.88. The van der Waals surface area contributed by atoms with Crippen LogP contribution in [0, 0.1) is 5.92 Å². The van der Waals surface area contributed by atoms with Gasteiger partial charge in [-0.15, -0.1) is 0 Å². The second-order valence-electron chi connectivity index (χ2n) is 6.93. The van der Waals surface area contributed by atoms with Gasteiger partial charge < -0.3 is 20.7 Å². The molecule has 5 heteroatoms. The fraction of sp³-hybridized carbons (Fsp3) is 0.933. The molecule has 0 saturated carbocycles. The van der Waals surface area contributed by atoms with E-state index in [-0.39, 0.29) is 12.1 Å². The van der Waals surface area contributed by atoms with Crippen LogP contribution in [0.3, 0.4) is 0 Å². The quantitative estimate of drug-likeness (QED) is 0.722. The summed E-state index contributed by atoms with van der Waals surface area (Å²) >= 11 is 0. The lowest BCUT2D eigenvalue weighted by Gasteiger charge is -2.29. The minimum Gasteiger partial charge on any atom is -0.444 e. The summed E-state index contributed by atoms with van der Waals surface area (Å²) in [5, 5.41) is 9.89. The number of nitrogens with one attached hydrogen (secondary N) is 3. The van der Waals surface area contributed by atoms with Crippen molar-refractivity contribution in [1.82, 2.24) is 16.0 Å². The van der Waals surface area contributed by atoms with Crippen LogP contribution in [0.4, 0.5) is 4.79 Å². The molecule has 1 aliphatic rings. The first-order chi connectivity index (χ1) is 9.28. The summed E-state index contributed by atoms with van der Waals surface area (Å²) in [6.45, 7) is 12.8. The van der Waals surface area contributed by atoms with Crippen LogP contribution in [-0.4, -0.2) is 43.4 Å². The molecular weight excluding hydrogens is 254 g/mol. The van der Waals surface area contributed by atoms with Crippen LogP contribution in [0.25, 0.3) is 0 Å². The number of carbonyl (C=O) groups is 1. The van der Waals surface area contributed by atoms with E-state index >= 15 is 0 Å². The monoisotopic (exact) mass is 285 g/mol. The Labute approximate surface area is 123 Å². The standard InChI is InChI=1S/C15H31N3O2/c1-11(2)13(18-14(19)20-15(3,4)5)10-17-12-6-8-16-9-7-12/h11-13,16-17H,6-10H2,1-5H3,(H,18,19). The van der Waals surface area contributed by atoms with Crippen LogP contribution in [0.2, 0.25) is 0 Å². The van der Waals surface area contributed by atoms with Gasteiger partial charge in [0.15, 0.2) is 0 Å². The van der Waals surface area contributed by atoms with Crippen molar-refractivity contribution in [2.24, 2.45) is 5.92 Å². The number of amides is 1. The molecule has 0 spiro atoms. The highest BCUT2D eigenvalue weighted by Gasteiger charge is 2.22. The molecule has 1 saturated heterocycles. The minimum atomic E-state index is -0.450. The first-order valence-electron chi connectivity index (χ1n) is 7.71. The lowest BCUT2D eigenvalue weighted by molar-refractivity contribution is 0.0488. The Balaban J connectivity index is 2.37. The molecule has 0 aromatic carbocycles. The molecule has 1 fully saturated rings. The molecule has 0 aliphatic carbocycles. The van der Waals surface area contributed by atoms with Gasteiger partial charge in [-0.25, -0.2) is 4.79 Å². The highest BCUT2D eigenvalue weighted by Crippen LogP contribution is 2.09. The average Bonchev–Trinajstić information content (AvgIpc) is 2.33. The molecular formula is C15H31N3O2. The zero-order valence-electron chi connectivity index (χ0n) is 13.6. The van der Waals surface area contributed by atoms with Gasteiger partial charge in [0.1, 0.15) is 5.60 Å². The van der Waals surface area contributed by atoms with E-state index in [4.69, 9.17) is 4.74 Å². The van der Waals surface area contributed by atoms with Gasteiger partial charge in [0.2, 0.25) is 0 Å². The third-order valence-electron chi connectivity index (χ3n) is 3.47. The summed E-state index contributed by atoms with van der Waals surface area (Å²) in [5.74, 6) is 0.372. The molecule has 1 rings (SSSR count). The molecule has 3 N–H and O–H groups in total. The van der Waals surface area contributed by atoms with Crippen LogP contribution in [0.15, 0.2) is 0 Å². The first kappa shape index (κ1) is 17.2. The second kappa shape index (κ2) is 7.84. The van der Waals surface area contributed by atoms with E-state index < -0.39 is 5.60 Å². The Bertz CT molecular complexity index is 294. The molecule has 0 aromatic rings. The topological polar surface area (TPSA) is 62.4 Å². The lowest BCUT2D eigenvalue weighted by atomic mass is 10.0. The van der Waals surface area contributed by atoms with Gasteiger partial charge in [-0.1, -0.05) is 13.8 Å². The average molecular weight is 285 g/mol. The van der Waals surface area contributed by atoms with Gasteiger partial charge in [-0.2, -0.15) is 0 Å². The van der Waals surface area contributed by atoms with E-state index in [1.807, 2.05) is 20.8 Å². The summed E-state index contributed by atoms with van der Waals surface area (Å²) < 4.78 is 5.32. The minimum absolute atomic E-state index is 0.0970. The summed E-state index contributed by atoms with van der Waals surface area (Å²) in [7, 11) is 0. The van der Waals surface area contributed by atoms with Crippen LogP contribution in [0.5, 0.6) is 0 Å². The molecule has 1 unspecified atom stereocenters. The Hall–Kier alpha value is -0.810. The van der Waals surface area contributed by atoms with Gasteiger partial charge in [-0.05, 0) is 52.6 Å². The van der Waals surface area contributed by atoms with Gasteiger partial charge in [0, 0.05) is 18.6 Å². The molecule has 1 heterocycles. The Kier molecular flexibility index (Phi) is 6.76. The Morgan fingerprint density at radius 3 is 2.40 bits per heavy atom. The molecule has 1 atom stereocenters. The number of piperidine rings is 1. The maximum absolute atomic E-state index is 11.9. The van der Waals surface area contributed by atoms with Crippen LogP contribution in [-0.2, 0) is 4.74 Å². The van der Waals surface area contributed by atoms with Crippen molar-refractivity contribution in [3.63, 3.8) is 0 Å². The zero-order chi connectivity index (χ0) is 15.2. The number of hydrogen-bond acceptors (Lipinski definition) is 4. The van der Waals surface area contributed by atoms with Crippen molar-refractivity contribution in [3.05, 3.63) is 0 Å². The van der Waals surface area contributed by atoms with E-state index in [2.05, 4.69) is 29.8 Å². The lowest BCUT2D eigenvalue weighted by Crippen LogP contribution is -2.50. The van der Waals surface area contributed by atoms with E-state index in [1.165, 1.54) is 0 Å². The smallest absolute Gasteiger partial charge is 0.407 e. The van der Waals surface area contributed by atoms with Crippen molar-refractivity contribution < 1.29 is 9.53 Å². The SMILES string of the molecule is CC(C)C(CNC1CCNCC1)NC(=O)OC(C)(C)C. The largest absolute Gasteiger partial charge is 0.444 e. The first-order valence-corrected chi connectivity index (χ1v) is 7.71. The fourth-order valence-corrected chi connectivity index (χ4v) is 2.23. The van der Waals surface area contributed by atoms with Crippen molar-refractivity contribution in [3.8, 4) is 0 Å². The third kappa shape index (κ3) is 7.10. The molecule has 20 heavy (non-hydrogen) atoms. The van der Waals surface area contributed by atoms with Gasteiger partial charge in [-0.3, -0.25) is 0 Å². The van der Waals surface area contributed by atoms with Gasteiger partial charge in [0.25, 0.3) is 0 Å². The maximum atomic E-state index is 11.9. The summed E-state index contributed by atoms with van der Waals surface area (Å²) in [6.07, 6.45) is 1.97. The van der Waals surface area contributed by atoms with Gasteiger partial charge >= 0.3 is 6.09 Å². The number of carbonyl (C=O) groups excluding carboxylic acids is 1. The van der Waals surface area contributed by atoms with Crippen molar-refractivity contribution in [2.75, 3.05) is 19.6 Å². The zero-order valence-corrected chi connectivity index (χ0v) is 13.6. The van der Waals surface area contributed by atoms with Crippen LogP contribution >= 0.6 is 0 Å². The molecule has 118 valence electrons. The highest BCUT2D eigenvalue weighted by atomic mass is 16.6. The molecule has 0 aromatic heterocycles. The van der Waals surface area contributed by atoms with Crippen molar-refractivity contribution in [2.45, 2.75) is 65.1 Å². The van der Waals surface area contributed by atoms with Crippen molar-refractivity contribution in [1.29, 1.82) is 0 Å². The number of alkyl carbamates (subject to hydrolysis) is 1. The van der Waals surface area contributed by atoms with E-state index in [9.17, 15) is 4.79 Å². The number of hydrogen-bond donors (Lipinski definition) is 3. The highest BCUT2D eigenvalue weighted by molar-refractivity contribution is 5.68. The molecule has 0 bridgehead atoms. The third-order valence-corrected chi connectivity index (χ3v) is 3.47. The Morgan fingerprint density at radius 1 is 1.30 bits per heavy atom. The maximum Gasteiger partial charge on any atom is 0.407 e. The normalized spacial score (nSPS) is 18.9. The Morgan fingerprint density at radius 2 is 1.90 bits per heavy atom. The molecule has 1 aliphatic heterocycles. The summed E-state index contributed by atoms with van der Waals surface area (Å²) in [5.41, 5.74) is -0.450. The summed E-state index contributed by atoms with van der Waals surface area (Å²) in [4.78, 5) is 11.9. The van der Waals surface area contributed by atoms with Crippen LogP contribution < -0.4 is 16.0 Å².